The smallest absolute Gasteiger partial charge is 0.182 e. The van der Waals surface area contributed by atoms with E-state index in [0.29, 0.717) is 11.3 Å². The number of rotatable bonds is 3. The van der Waals surface area contributed by atoms with Gasteiger partial charge < -0.3 is 5.73 Å². The molecule has 0 unspecified atom stereocenters. The van der Waals surface area contributed by atoms with Gasteiger partial charge in [0.05, 0.1) is 21.4 Å². The van der Waals surface area contributed by atoms with Crippen molar-refractivity contribution in [2.45, 2.75) is 10.6 Å². The van der Waals surface area contributed by atoms with Crippen LogP contribution >= 0.6 is 11.6 Å². The van der Waals surface area contributed by atoms with Gasteiger partial charge in [-0.25, -0.2) is 12.8 Å². The monoisotopic (exact) mass is 299 g/mol. The van der Waals surface area contributed by atoms with Crippen LogP contribution in [0, 0.1) is 5.82 Å². The Morgan fingerprint density at radius 3 is 2.53 bits per heavy atom. The molecule has 0 saturated heterocycles. The Balaban J connectivity index is 2.35. The maximum atomic E-state index is 13.0. The summed E-state index contributed by atoms with van der Waals surface area (Å²) in [5.74, 6) is -0.756. The molecule has 2 N–H and O–H groups in total. The van der Waals surface area contributed by atoms with Crippen molar-refractivity contribution in [1.82, 2.24) is 0 Å². The van der Waals surface area contributed by atoms with Gasteiger partial charge in [0.1, 0.15) is 5.82 Å². The van der Waals surface area contributed by atoms with Crippen molar-refractivity contribution >= 4 is 27.1 Å². The molecule has 0 amide bonds. The van der Waals surface area contributed by atoms with Crippen molar-refractivity contribution in [2.75, 3.05) is 5.73 Å². The quantitative estimate of drug-likeness (QED) is 0.886. The first-order chi connectivity index (χ1) is 8.88. The highest BCUT2D eigenvalue weighted by Crippen LogP contribution is 2.24. The summed E-state index contributed by atoms with van der Waals surface area (Å²) in [5, 5.41) is 0.181. The zero-order valence-electron chi connectivity index (χ0n) is 9.81. The maximum Gasteiger partial charge on any atom is 0.182 e. The van der Waals surface area contributed by atoms with E-state index in [-0.39, 0.29) is 15.7 Å². The molecular weight excluding hydrogens is 289 g/mol. The van der Waals surface area contributed by atoms with Crippen molar-refractivity contribution < 1.29 is 12.8 Å². The molecule has 0 radical (unpaired) electrons. The van der Waals surface area contributed by atoms with Crippen molar-refractivity contribution in [1.29, 1.82) is 0 Å². The Bertz CT molecular complexity index is 716. The number of hydrogen-bond acceptors (Lipinski definition) is 3. The Morgan fingerprint density at radius 1 is 1.16 bits per heavy atom. The average Bonchev–Trinajstić information content (AvgIpc) is 2.32. The Hall–Kier alpha value is -1.59. The minimum absolute atomic E-state index is 0.0657. The molecule has 2 aromatic carbocycles. The van der Waals surface area contributed by atoms with E-state index in [0.717, 1.165) is 0 Å². The SMILES string of the molecule is Nc1ccc(S(=O)(=O)Cc2cccc(F)c2)cc1Cl. The van der Waals surface area contributed by atoms with Gasteiger partial charge in [-0.2, -0.15) is 0 Å². The fourth-order valence-corrected chi connectivity index (χ4v) is 3.23. The highest BCUT2D eigenvalue weighted by Gasteiger charge is 2.16. The van der Waals surface area contributed by atoms with Crippen LogP contribution in [0.5, 0.6) is 0 Å². The van der Waals surface area contributed by atoms with Gasteiger partial charge in [0.15, 0.2) is 9.84 Å². The fourth-order valence-electron chi connectivity index (χ4n) is 1.63. The van der Waals surface area contributed by atoms with Crippen LogP contribution in [0.1, 0.15) is 5.56 Å². The number of nitrogens with two attached hydrogens (primary N) is 1. The largest absolute Gasteiger partial charge is 0.398 e. The predicted octanol–water partition coefficient (Wildman–Crippen LogP) is 3.04. The molecular formula is C13H11ClFNO2S. The summed E-state index contributed by atoms with van der Waals surface area (Å²) in [6.45, 7) is 0. The lowest BCUT2D eigenvalue weighted by Crippen LogP contribution is -2.05. The van der Waals surface area contributed by atoms with E-state index >= 15 is 0 Å². The van der Waals surface area contributed by atoms with Crippen molar-refractivity contribution in [2.24, 2.45) is 0 Å². The number of sulfone groups is 1. The number of halogens is 2. The van der Waals surface area contributed by atoms with Crippen LogP contribution in [0.3, 0.4) is 0 Å². The van der Waals surface area contributed by atoms with Crippen LogP contribution in [0.15, 0.2) is 47.4 Å². The van der Waals surface area contributed by atoms with Crippen LogP contribution in [-0.2, 0) is 15.6 Å². The summed E-state index contributed by atoms with van der Waals surface area (Å²) in [6.07, 6.45) is 0. The Morgan fingerprint density at radius 2 is 1.89 bits per heavy atom. The number of anilines is 1. The lowest BCUT2D eigenvalue weighted by molar-refractivity contribution is 0.594. The summed E-state index contributed by atoms with van der Waals surface area (Å²) in [6, 6.07) is 9.59. The molecule has 2 rings (SSSR count). The molecule has 0 spiro atoms. The lowest BCUT2D eigenvalue weighted by atomic mass is 10.2. The minimum Gasteiger partial charge on any atom is -0.398 e. The zero-order valence-corrected chi connectivity index (χ0v) is 11.4. The van der Waals surface area contributed by atoms with E-state index in [1.165, 1.54) is 36.4 Å². The van der Waals surface area contributed by atoms with Crippen LogP contribution in [0.25, 0.3) is 0 Å². The van der Waals surface area contributed by atoms with Crippen molar-refractivity contribution in [3.8, 4) is 0 Å². The third-order valence-electron chi connectivity index (χ3n) is 2.58. The maximum absolute atomic E-state index is 13.0. The lowest BCUT2D eigenvalue weighted by Gasteiger charge is -2.06. The molecule has 3 nitrogen and oxygen atoms in total. The van der Waals surface area contributed by atoms with Gasteiger partial charge >= 0.3 is 0 Å². The fraction of sp³-hybridized carbons (Fsp3) is 0.0769. The molecule has 6 heteroatoms. The second-order valence-electron chi connectivity index (χ2n) is 4.07. The summed E-state index contributed by atoms with van der Waals surface area (Å²) < 4.78 is 37.3. The van der Waals surface area contributed by atoms with Gasteiger partial charge in [-0.1, -0.05) is 23.7 Å². The minimum atomic E-state index is -3.58. The topological polar surface area (TPSA) is 60.2 Å². The van der Waals surface area contributed by atoms with E-state index < -0.39 is 15.7 Å². The van der Waals surface area contributed by atoms with E-state index in [9.17, 15) is 12.8 Å². The van der Waals surface area contributed by atoms with E-state index in [4.69, 9.17) is 17.3 Å². The molecule has 0 bridgehead atoms. The molecule has 0 aliphatic heterocycles. The first-order valence-corrected chi connectivity index (χ1v) is 7.44. The molecule has 0 saturated carbocycles. The van der Waals surface area contributed by atoms with Crippen LogP contribution in [0.2, 0.25) is 5.02 Å². The predicted molar refractivity (Wildman–Crippen MR) is 73.2 cm³/mol. The molecule has 2 aromatic rings. The molecule has 0 aromatic heterocycles. The van der Waals surface area contributed by atoms with Gasteiger partial charge in [-0.05, 0) is 35.9 Å². The van der Waals surface area contributed by atoms with Gasteiger partial charge in [0, 0.05) is 0 Å². The standard InChI is InChI=1S/C13H11ClFNO2S/c14-12-7-11(4-5-13(12)16)19(17,18)8-9-2-1-3-10(15)6-9/h1-7H,8,16H2. The van der Waals surface area contributed by atoms with Crippen LogP contribution in [-0.4, -0.2) is 8.42 Å². The molecule has 0 atom stereocenters. The number of nitrogen functional groups attached to an aromatic ring is 1. The first kappa shape index (κ1) is 13.8. The third kappa shape index (κ3) is 3.24. The van der Waals surface area contributed by atoms with E-state index in [2.05, 4.69) is 0 Å². The summed E-state index contributed by atoms with van der Waals surface area (Å²) in [7, 11) is -3.58. The van der Waals surface area contributed by atoms with Crippen molar-refractivity contribution in [3.05, 3.63) is 58.9 Å². The Kier molecular flexibility index (Phi) is 3.78. The highest BCUT2D eigenvalue weighted by atomic mass is 35.5. The second-order valence-corrected chi connectivity index (χ2v) is 6.47. The zero-order chi connectivity index (χ0) is 14.0. The third-order valence-corrected chi connectivity index (χ3v) is 4.59. The summed E-state index contributed by atoms with van der Waals surface area (Å²) in [5.41, 5.74) is 6.22. The van der Waals surface area contributed by atoms with Crippen LogP contribution < -0.4 is 5.73 Å². The molecule has 19 heavy (non-hydrogen) atoms. The normalized spacial score (nSPS) is 11.5. The molecule has 100 valence electrons. The Labute approximate surface area is 115 Å². The number of hydrogen-bond donors (Lipinski definition) is 1. The van der Waals surface area contributed by atoms with E-state index in [1.54, 1.807) is 6.07 Å². The van der Waals surface area contributed by atoms with Crippen LogP contribution in [0.4, 0.5) is 10.1 Å². The highest BCUT2D eigenvalue weighted by molar-refractivity contribution is 7.90. The summed E-state index contributed by atoms with van der Waals surface area (Å²) >= 11 is 5.80. The molecule has 0 fully saturated rings. The van der Waals surface area contributed by atoms with Gasteiger partial charge in [0.2, 0.25) is 0 Å². The summed E-state index contributed by atoms with van der Waals surface area (Å²) in [4.78, 5) is 0.0657. The molecule has 0 aliphatic carbocycles. The molecule has 0 aliphatic rings. The van der Waals surface area contributed by atoms with Gasteiger partial charge in [0.25, 0.3) is 0 Å². The van der Waals surface area contributed by atoms with Crippen molar-refractivity contribution in [3.63, 3.8) is 0 Å². The number of benzene rings is 2. The average molecular weight is 300 g/mol. The second kappa shape index (κ2) is 5.19. The van der Waals surface area contributed by atoms with E-state index in [1.807, 2.05) is 0 Å². The van der Waals surface area contributed by atoms with Gasteiger partial charge in [-0.15, -0.1) is 0 Å². The molecule has 0 heterocycles. The van der Waals surface area contributed by atoms with Gasteiger partial charge in [-0.3, -0.25) is 0 Å². The first-order valence-electron chi connectivity index (χ1n) is 5.41.